The second-order valence-corrected chi connectivity index (χ2v) is 10.9. The Hall–Kier alpha value is -1.03. The van der Waals surface area contributed by atoms with Crippen LogP contribution < -0.4 is 0 Å². The van der Waals surface area contributed by atoms with Crippen LogP contribution in [0.2, 0.25) is 0 Å². The first kappa shape index (κ1) is 36.0. The number of aliphatic hydroxyl groups excluding tert-OH is 2. The molecule has 0 aromatic carbocycles. The van der Waals surface area contributed by atoms with Gasteiger partial charge in [-0.3, -0.25) is 18.6 Å². The van der Waals surface area contributed by atoms with Crippen molar-refractivity contribution >= 4 is 19.8 Å². The van der Waals surface area contributed by atoms with Crippen LogP contribution in [0.5, 0.6) is 0 Å². The lowest BCUT2D eigenvalue weighted by Gasteiger charge is -2.20. The van der Waals surface area contributed by atoms with Gasteiger partial charge in [0.2, 0.25) is 0 Å². The van der Waals surface area contributed by atoms with Crippen molar-refractivity contribution in [3.05, 3.63) is 0 Å². The smallest absolute Gasteiger partial charge is 0.462 e. The van der Waals surface area contributed by atoms with E-state index in [1.165, 1.54) is 57.8 Å². The van der Waals surface area contributed by atoms with Crippen molar-refractivity contribution in [1.82, 2.24) is 0 Å². The topological polar surface area (TPSA) is 149 Å². The van der Waals surface area contributed by atoms with Gasteiger partial charge in [0.1, 0.15) is 12.7 Å². The molecule has 0 radical (unpaired) electrons. The van der Waals surface area contributed by atoms with E-state index in [0.29, 0.717) is 12.8 Å². The summed E-state index contributed by atoms with van der Waals surface area (Å²) in [7, 11) is -4.57. The molecule has 0 heterocycles. The Morgan fingerprint density at radius 3 is 1.73 bits per heavy atom. The Balaban J connectivity index is 4.10. The summed E-state index contributed by atoms with van der Waals surface area (Å²) in [6.45, 7) is 1.92. The molecule has 11 heteroatoms. The molecular weight excluding hydrogens is 503 g/mol. The molecule has 0 rings (SSSR count). The summed E-state index contributed by atoms with van der Waals surface area (Å²) in [4.78, 5) is 33.6. The van der Waals surface area contributed by atoms with E-state index in [1.54, 1.807) is 6.92 Å². The standard InChI is InChI=1S/C26H51O10P/c1-3-5-6-7-8-9-10-11-12-13-14-15-16-18-25(29)33-21-24(36-26(30)17-4-2)22-35-37(31,32)34-20-23(28)19-27/h23-24,27-28H,3-22H2,1-2H3,(H,31,32)/t23-,24+/m0/s1. The van der Waals surface area contributed by atoms with Gasteiger partial charge >= 0.3 is 19.8 Å². The molecule has 37 heavy (non-hydrogen) atoms. The fourth-order valence-electron chi connectivity index (χ4n) is 3.56. The van der Waals surface area contributed by atoms with Crippen LogP contribution >= 0.6 is 7.82 Å². The summed E-state index contributed by atoms with van der Waals surface area (Å²) in [6, 6.07) is 0. The highest BCUT2D eigenvalue weighted by Gasteiger charge is 2.27. The van der Waals surface area contributed by atoms with Gasteiger partial charge in [-0.2, -0.15) is 0 Å². The van der Waals surface area contributed by atoms with Crippen molar-refractivity contribution in [2.24, 2.45) is 0 Å². The number of unbranched alkanes of at least 4 members (excludes halogenated alkanes) is 12. The number of esters is 2. The molecule has 0 saturated heterocycles. The number of aliphatic hydroxyl groups is 2. The molecule has 0 aromatic rings. The van der Waals surface area contributed by atoms with Crippen LogP contribution in [0.3, 0.4) is 0 Å². The minimum absolute atomic E-state index is 0.138. The summed E-state index contributed by atoms with van der Waals surface area (Å²) in [5.74, 6) is -0.984. The lowest BCUT2D eigenvalue weighted by Crippen LogP contribution is -2.29. The minimum atomic E-state index is -4.57. The van der Waals surface area contributed by atoms with Crippen molar-refractivity contribution in [1.29, 1.82) is 0 Å². The zero-order valence-electron chi connectivity index (χ0n) is 22.9. The van der Waals surface area contributed by atoms with Crippen molar-refractivity contribution in [2.45, 2.75) is 129 Å². The first-order chi connectivity index (χ1) is 17.7. The molecular formula is C26H51O10P. The van der Waals surface area contributed by atoms with Gasteiger partial charge in [0.15, 0.2) is 6.10 Å². The second-order valence-electron chi connectivity index (χ2n) is 9.43. The molecule has 3 N–H and O–H groups in total. The van der Waals surface area contributed by atoms with Crippen LogP contribution in [0.4, 0.5) is 0 Å². The van der Waals surface area contributed by atoms with Gasteiger partial charge in [-0.05, 0) is 12.8 Å². The maximum Gasteiger partial charge on any atom is 0.472 e. The first-order valence-corrected chi connectivity index (χ1v) is 15.5. The van der Waals surface area contributed by atoms with Crippen LogP contribution in [-0.2, 0) is 32.7 Å². The fraction of sp³-hybridized carbons (Fsp3) is 0.923. The Morgan fingerprint density at radius 2 is 1.22 bits per heavy atom. The number of phosphoric ester groups is 1. The van der Waals surface area contributed by atoms with E-state index in [9.17, 15) is 24.2 Å². The highest BCUT2D eigenvalue weighted by atomic mass is 31.2. The maximum atomic E-state index is 12.1. The number of ether oxygens (including phenoxy) is 2. The lowest BCUT2D eigenvalue weighted by atomic mass is 10.0. The third-order valence-electron chi connectivity index (χ3n) is 5.73. The highest BCUT2D eigenvalue weighted by molar-refractivity contribution is 7.47. The van der Waals surface area contributed by atoms with E-state index in [4.69, 9.17) is 19.1 Å². The molecule has 0 bridgehead atoms. The molecule has 0 aromatic heterocycles. The van der Waals surface area contributed by atoms with Crippen molar-refractivity contribution < 1.29 is 47.8 Å². The van der Waals surface area contributed by atoms with Gasteiger partial charge in [0, 0.05) is 12.8 Å². The third kappa shape index (κ3) is 23.8. The van der Waals surface area contributed by atoms with Crippen LogP contribution in [-0.4, -0.2) is 65.7 Å². The Labute approximate surface area is 223 Å². The number of hydrogen-bond donors (Lipinski definition) is 3. The van der Waals surface area contributed by atoms with Crippen molar-refractivity contribution in [3.63, 3.8) is 0 Å². The summed E-state index contributed by atoms with van der Waals surface area (Å²) in [5.41, 5.74) is 0. The fourth-order valence-corrected chi connectivity index (χ4v) is 4.35. The quantitative estimate of drug-likeness (QED) is 0.0739. The van der Waals surface area contributed by atoms with Gasteiger partial charge < -0.3 is 24.6 Å². The van der Waals surface area contributed by atoms with E-state index < -0.39 is 51.8 Å². The summed E-state index contributed by atoms with van der Waals surface area (Å²) in [6.07, 6.45) is 14.2. The summed E-state index contributed by atoms with van der Waals surface area (Å²) >= 11 is 0. The second kappa shape index (κ2) is 24.0. The van der Waals surface area contributed by atoms with E-state index in [2.05, 4.69) is 11.4 Å². The Morgan fingerprint density at radius 1 is 0.703 bits per heavy atom. The highest BCUT2D eigenvalue weighted by Crippen LogP contribution is 2.43. The predicted molar refractivity (Wildman–Crippen MR) is 141 cm³/mol. The third-order valence-corrected chi connectivity index (χ3v) is 6.68. The normalized spacial score (nSPS) is 14.6. The molecule has 0 aliphatic rings. The number of phosphoric acid groups is 1. The van der Waals surface area contributed by atoms with Gasteiger partial charge in [-0.1, -0.05) is 90.9 Å². The molecule has 0 aliphatic carbocycles. The minimum Gasteiger partial charge on any atom is -0.462 e. The molecule has 3 atom stereocenters. The molecule has 0 saturated carbocycles. The maximum absolute atomic E-state index is 12.1. The Bertz CT molecular complexity index is 616. The van der Waals surface area contributed by atoms with E-state index >= 15 is 0 Å². The van der Waals surface area contributed by atoms with Crippen molar-refractivity contribution in [2.75, 3.05) is 26.4 Å². The average Bonchev–Trinajstić information content (AvgIpc) is 2.87. The zero-order valence-corrected chi connectivity index (χ0v) is 23.8. The number of carbonyl (C=O) groups is 2. The van der Waals surface area contributed by atoms with Crippen LogP contribution in [0.1, 0.15) is 117 Å². The molecule has 10 nitrogen and oxygen atoms in total. The van der Waals surface area contributed by atoms with Gasteiger partial charge in [-0.25, -0.2) is 4.57 Å². The van der Waals surface area contributed by atoms with E-state index in [-0.39, 0.29) is 19.4 Å². The van der Waals surface area contributed by atoms with Crippen LogP contribution in [0, 0.1) is 0 Å². The molecule has 1 unspecified atom stereocenters. The summed E-state index contributed by atoms with van der Waals surface area (Å²) < 4.78 is 31.7. The zero-order chi connectivity index (χ0) is 27.8. The van der Waals surface area contributed by atoms with Gasteiger partial charge in [0.05, 0.1) is 19.8 Å². The number of hydrogen-bond acceptors (Lipinski definition) is 9. The van der Waals surface area contributed by atoms with Gasteiger partial charge in [0.25, 0.3) is 0 Å². The number of rotatable bonds is 26. The van der Waals surface area contributed by atoms with E-state index in [1.807, 2.05) is 0 Å². The van der Waals surface area contributed by atoms with Crippen LogP contribution in [0.25, 0.3) is 0 Å². The Kier molecular flexibility index (Phi) is 23.4. The molecule has 0 fully saturated rings. The van der Waals surface area contributed by atoms with Gasteiger partial charge in [-0.15, -0.1) is 0 Å². The average molecular weight is 555 g/mol. The predicted octanol–water partition coefficient (Wildman–Crippen LogP) is 5.21. The number of carbonyl (C=O) groups excluding carboxylic acids is 2. The molecule has 220 valence electrons. The van der Waals surface area contributed by atoms with Crippen molar-refractivity contribution in [3.8, 4) is 0 Å². The molecule has 0 amide bonds. The lowest BCUT2D eigenvalue weighted by molar-refractivity contribution is -0.161. The SMILES string of the molecule is CCCCCCCCCCCCCCCC(=O)OC[C@H](COP(=O)(O)OC[C@@H](O)CO)OC(=O)CCC. The first-order valence-electron chi connectivity index (χ1n) is 14.0. The largest absolute Gasteiger partial charge is 0.472 e. The monoisotopic (exact) mass is 554 g/mol. The molecule has 0 spiro atoms. The molecule has 0 aliphatic heterocycles. The van der Waals surface area contributed by atoms with Crippen LogP contribution in [0.15, 0.2) is 0 Å². The summed E-state index contributed by atoms with van der Waals surface area (Å²) in [5, 5.41) is 18.0. The van der Waals surface area contributed by atoms with E-state index in [0.717, 1.165) is 19.3 Å².